The molecular weight excluding hydrogens is 276 g/mol. The normalized spacial score (nSPS) is 25.5. The molecule has 0 bridgehead atoms. The van der Waals surface area contributed by atoms with Gasteiger partial charge in [0.1, 0.15) is 0 Å². The van der Waals surface area contributed by atoms with E-state index >= 15 is 0 Å². The number of hydrogen-bond donors (Lipinski definition) is 0. The van der Waals surface area contributed by atoms with Gasteiger partial charge in [-0.15, -0.1) is 0 Å². The highest BCUT2D eigenvalue weighted by Gasteiger charge is 2.32. The minimum Gasteiger partial charge on any atom is -0.373 e. The second-order valence-corrected chi connectivity index (χ2v) is 6.59. The Balaban J connectivity index is 2.33. The lowest BCUT2D eigenvalue weighted by Gasteiger charge is -2.34. The lowest BCUT2D eigenvalue weighted by molar-refractivity contribution is -0.0440. The van der Waals surface area contributed by atoms with Crippen LogP contribution in [-0.4, -0.2) is 38.0 Å². The largest absolute Gasteiger partial charge is 0.373 e. The van der Waals surface area contributed by atoms with Gasteiger partial charge in [-0.3, -0.25) is 0 Å². The van der Waals surface area contributed by atoms with Crippen molar-refractivity contribution in [2.75, 3.05) is 13.1 Å². The third-order valence-electron chi connectivity index (χ3n) is 2.91. The first kappa shape index (κ1) is 14.4. The molecule has 19 heavy (non-hydrogen) atoms. The smallest absolute Gasteiger partial charge is 0.243 e. The van der Waals surface area contributed by atoms with Crippen molar-refractivity contribution in [3.63, 3.8) is 0 Å². The van der Waals surface area contributed by atoms with Gasteiger partial charge in [-0.2, -0.15) is 4.31 Å². The maximum Gasteiger partial charge on any atom is 0.243 e. The molecule has 1 heterocycles. The van der Waals surface area contributed by atoms with Crippen molar-refractivity contribution >= 4 is 10.0 Å². The van der Waals surface area contributed by atoms with Crippen LogP contribution in [0.25, 0.3) is 0 Å². The Hall–Kier alpha value is -1.05. The van der Waals surface area contributed by atoms with E-state index < -0.39 is 21.7 Å². The quantitative estimate of drug-likeness (QED) is 0.834. The fraction of sp³-hybridized carbons (Fsp3) is 0.500. The zero-order valence-electron chi connectivity index (χ0n) is 10.6. The number of halogens is 2. The molecule has 0 spiro atoms. The fourth-order valence-electron chi connectivity index (χ4n) is 2.11. The van der Waals surface area contributed by atoms with Crippen molar-refractivity contribution in [2.24, 2.45) is 0 Å². The van der Waals surface area contributed by atoms with Crippen LogP contribution in [0.3, 0.4) is 0 Å². The summed E-state index contributed by atoms with van der Waals surface area (Å²) < 4.78 is 57.3. The molecule has 0 aliphatic carbocycles. The van der Waals surface area contributed by atoms with Crippen molar-refractivity contribution in [2.45, 2.75) is 31.0 Å². The predicted octanol–water partition coefficient (Wildman–Crippen LogP) is 1.76. The van der Waals surface area contributed by atoms with Gasteiger partial charge >= 0.3 is 0 Å². The molecule has 1 aliphatic rings. The molecule has 1 aromatic carbocycles. The summed E-state index contributed by atoms with van der Waals surface area (Å²) in [5.41, 5.74) is 0. The van der Waals surface area contributed by atoms with Crippen LogP contribution in [0.15, 0.2) is 23.1 Å². The highest BCUT2D eigenvalue weighted by atomic mass is 32.2. The molecule has 0 unspecified atom stereocenters. The van der Waals surface area contributed by atoms with E-state index in [4.69, 9.17) is 4.74 Å². The number of ether oxygens (including phenoxy) is 1. The molecule has 7 heteroatoms. The molecule has 1 aromatic rings. The molecule has 0 N–H and O–H groups in total. The number of morpholine rings is 1. The van der Waals surface area contributed by atoms with Crippen LogP contribution >= 0.6 is 0 Å². The van der Waals surface area contributed by atoms with Crippen molar-refractivity contribution in [1.29, 1.82) is 0 Å². The number of hydrogen-bond acceptors (Lipinski definition) is 3. The van der Waals surface area contributed by atoms with Crippen LogP contribution in [0.2, 0.25) is 0 Å². The maximum atomic E-state index is 13.1. The monoisotopic (exact) mass is 291 g/mol. The van der Waals surface area contributed by atoms with Gasteiger partial charge in [-0.1, -0.05) is 0 Å². The zero-order valence-corrected chi connectivity index (χ0v) is 11.5. The SMILES string of the molecule is C[C@@H]1CN(S(=O)(=O)c2ccc(F)c(F)c2)C[C@@H](C)O1. The van der Waals surface area contributed by atoms with Gasteiger partial charge in [0, 0.05) is 13.1 Å². The topological polar surface area (TPSA) is 46.6 Å². The molecular formula is C12H15F2NO3S. The van der Waals surface area contributed by atoms with E-state index in [9.17, 15) is 17.2 Å². The molecule has 0 aromatic heterocycles. The van der Waals surface area contributed by atoms with Gasteiger partial charge in [0.05, 0.1) is 17.1 Å². The average Bonchev–Trinajstić information content (AvgIpc) is 2.31. The summed E-state index contributed by atoms with van der Waals surface area (Å²) in [5.74, 6) is -2.24. The molecule has 4 nitrogen and oxygen atoms in total. The summed E-state index contributed by atoms with van der Waals surface area (Å²) >= 11 is 0. The third-order valence-corrected chi connectivity index (χ3v) is 4.74. The standard InChI is InChI=1S/C12H15F2NO3S/c1-8-6-15(7-9(2)18-8)19(16,17)10-3-4-11(13)12(14)5-10/h3-5,8-9H,6-7H2,1-2H3/t8-,9-/m1/s1. The van der Waals surface area contributed by atoms with Crippen LogP contribution in [0.1, 0.15) is 13.8 Å². The summed E-state index contributed by atoms with van der Waals surface area (Å²) in [4.78, 5) is -0.243. The van der Waals surface area contributed by atoms with Crippen LogP contribution in [0.5, 0.6) is 0 Å². The van der Waals surface area contributed by atoms with Gasteiger partial charge in [-0.25, -0.2) is 17.2 Å². The molecule has 1 fully saturated rings. The van der Waals surface area contributed by atoms with E-state index in [0.717, 1.165) is 12.1 Å². The fourth-order valence-corrected chi connectivity index (χ4v) is 3.72. The van der Waals surface area contributed by atoms with E-state index in [1.54, 1.807) is 13.8 Å². The molecule has 0 saturated carbocycles. The van der Waals surface area contributed by atoms with E-state index in [-0.39, 0.29) is 30.2 Å². The minimum atomic E-state index is -3.82. The van der Waals surface area contributed by atoms with Gasteiger partial charge in [0.15, 0.2) is 11.6 Å². The lowest BCUT2D eigenvalue weighted by Crippen LogP contribution is -2.48. The maximum absolute atomic E-state index is 13.1. The molecule has 0 radical (unpaired) electrons. The number of nitrogens with zero attached hydrogens (tertiary/aromatic N) is 1. The molecule has 0 amide bonds. The van der Waals surface area contributed by atoms with Gasteiger partial charge in [-0.05, 0) is 32.0 Å². The summed E-state index contributed by atoms with van der Waals surface area (Å²) in [6.45, 7) is 3.93. The highest BCUT2D eigenvalue weighted by molar-refractivity contribution is 7.89. The van der Waals surface area contributed by atoms with Crippen molar-refractivity contribution in [3.8, 4) is 0 Å². The van der Waals surface area contributed by atoms with Crippen LogP contribution < -0.4 is 0 Å². The van der Waals surface area contributed by atoms with Gasteiger partial charge in [0.25, 0.3) is 0 Å². The summed E-state index contributed by atoms with van der Waals surface area (Å²) in [5, 5.41) is 0. The number of benzene rings is 1. The van der Waals surface area contributed by atoms with Crippen molar-refractivity contribution < 1.29 is 21.9 Å². The van der Waals surface area contributed by atoms with E-state index in [0.29, 0.717) is 6.07 Å². The predicted molar refractivity (Wildman–Crippen MR) is 65.1 cm³/mol. The summed E-state index contributed by atoms with van der Waals surface area (Å²) in [6, 6.07) is 2.59. The molecule has 2 atom stereocenters. The Kier molecular flexibility index (Phi) is 3.89. The lowest BCUT2D eigenvalue weighted by atomic mass is 10.3. The summed E-state index contributed by atoms with van der Waals surface area (Å²) in [7, 11) is -3.82. The highest BCUT2D eigenvalue weighted by Crippen LogP contribution is 2.22. The van der Waals surface area contributed by atoms with Crippen LogP contribution in [0.4, 0.5) is 8.78 Å². The van der Waals surface area contributed by atoms with E-state index in [1.807, 2.05) is 0 Å². The second kappa shape index (κ2) is 5.15. The van der Waals surface area contributed by atoms with E-state index in [2.05, 4.69) is 0 Å². The Morgan fingerprint density at radius 3 is 2.26 bits per heavy atom. The molecule has 1 aliphatic heterocycles. The Labute approximate surface area is 111 Å². The zero-order chi connectivity index (χ0) is 14.2. The average molecular weight is 291 g/mol. The molecule has 2 rings (SSSR count). The van der Waals surface area contributed by atoms with Crippen molar-refractivity contribution in [3.05, 3.63) is 29.8 Å². The van der Waals surface area contributed by atoms with Crippen LogP contribution in [-0.2, 0) is 14.8 Å². The second-order valence-electron chi connectivity index (χ2n) is 4.66. The third kappa shape index (κ3) is 2.93. The molecule has 106 valence electrons. The van der Waals surface area contributed by atoms with E-state index in [1.165, 1.54) is 4.31 Å². The Bertz CT molecular complexity index is 566. The van der Waals surface area contributed by atoms with Gasteiger partial charge in [0.2, 0.25) is 10.0 Å². The summed E-state index contributed by atoms with van der Waals surface area (Å²) in [6.07, 6.45) is -0.465. The number of sulfonamides is 1. The number of rotatable bonds is 2. The van der Waals surface area contributed by atoms with Crippen molar-refractivity contribution in [1.82, 2.24) is 4.31 Å². The Morgan fingerprint density at radius 1 is 1.16 bits per heavy atom. The Morgan fingerprint density at radius 2 is 1.74 bits per heavy atom. The first-order chi connectivity index (χ1) is 8.80. The minimum absolute atomic E-state index is 0.200. The first-order valence-corrected chi connectivity index (χ1v) is 7.35. The van der Waals surface area contributed by atoms with Crippen LogP contribution in [0, 0.1) is 11.6 Å². The molecule has 1 saturated heterocycles. The van der Waals surface area contributed by atoms with Gasteiger partial charge < -0.3 is 4.74 Å². The first-order valence-electron chi connectivity index (χ1n) is 5.91.